The van der Waals surface area contributed by atoms with Crippen LogP contribution in [0.1, 0.15) is 8.35 Å². The van der Waals surface area contributed by atoms with E-state index in [-0.39, 0.29) is 37.4 Å². The van der Waals surface area contributed by atoms with Crippen molar-refractivity contribution in [2.45, 2.75) is 6.92 Å². The van der Waals surface area contributed by atoms with Crippen molar-refractivity contribution >= 4 is 12.4 Å². The molecule has 0 bridgehead atoms. The Balaban J connectivity index is -0.000000180. The predicted octanol–water partition coefficient (Wildman–Crippen LogP) is -3.67. The first-order valence-electron chi connectivity index (χ1n) is 1.64. The summed E-state index contributed by atoms with van der Waals surface area (Å²) in [6.45, 7) is 1.19. The Morgan fingerprint density at radius 1 is 1.88 bits per heavy atom. The molecule has 0 aliphatic heterocycles. The van der Waals surface area contributed by atoms with Crippen LogP contribution < -0.4 is 35.0 Å². The zero-order chi connectivity index (χ0) is 5.70. The number of carbonyl (C=O) groups excluding carboxylic acids is 2. The number of hydrogen-bond donors (Lipinski definition) is 1. The van der Waals surface area contributed by atoms with Gasteiger partial charge in [0, 0.05) is 6.92 Å². The molecule has 0 spiro atoms. The molecule has 0 aromatic carbocycles. The third kappa shape index (κ3) is 9.34. The summed E-state index contributed by atoms with van der Waals surface area (Å²) < 4.78 is 0. The van der Waals surface area contributed by atoms with E-state index in [1.54, 1.807) is 5.48 Å². The number of rotatable bonds is 2. The average Bonchev–Trinajstić information content (AvgIpc) is 1.61. The fraction of sp³-hybridized carbons (Fsp3) is 0.333. The van der Waals surface area contributed by atoms with Gasteiger partial charge in [-0.2, -0.15) is 5.48 Å². The summed E-state index contributed by atoms with van der Waals surface area (Å²) in [6.07, 6.45) is 0.279. The molecule has 0 saturated heterocycles. The van der Waals surface area contributed by atoms with Crippen LogP contribution in [0.4, 0.5) is 0 Å². The first-order chi connectivity index (χ1) is 3.27. The van der Waals surface area contributed by atoms with Gasteiger partial charge in [0.15, 0.2) is 0 Å². The van der Waals surface area contributed by atoms with Crippen molar-refractivity contribution in [3.63, 3.8) is 0 Å². The van der Waals surface area contributed by atoms with Crippen LogP contribution in [0.25, 0.3) is 0 Å². The molecule has 1 N–H and O–H groups in total. The van der Waals surface area contributed by atoms with Crippen LogP contribution in [0.5, 0.6) is 0 Å². The molecular formula is C3H6NNaO3. The van der Waals surface area contributed by atoms with E-state index < -0.39 is 5.97 Å². The largest absolute Gasteiger partial charge is 1.00 e. The first kappa shape index (κ1) is 10.8. The van der Waals surface area contributed by atoms with Gasteiger partial charge >= 0.3 is 35.5 Å². The van der Waals surface area contributed by atoms with Gasteiger partial charge in [-0.3, -0.25) is 9.59 Å². The van der Waals surface area contributed by atoms with Crippen LogP contribution in [0, 0.1) is 0 Å². The Hall–Kier alpha value is -0.0600. The Labute approximate surface area is 70.3 Å². The smallest absolute Gasteiger partial charge is 1.00 e. The molecule has 8 heavy (non-hydrogen) atoms. The van der Waals surface area contributed by atoms with Gasteiger partial charge in [-0.15, -0.1) is 0 Å². The molecule has 0 atom stereocenters. The Morgan fingerprint density at radius 2 is 2.38 bits per heavy atom. The van der Waals surface area contributed by atoms with E-state index in [0.717, 1.165) is 0 Å². The summed E-state index contributed by atoms with van der Waals surface area (Å²) >= 11 is 0. The first-order valence-corrected chi connectivity index (χ1v) is 1.64. The number of hydroxylamine groups is 1. The van der Waals surface area contributed by atoms with E-state index >= 15 is 0 Å². The van der Waals surface area contributed by atoms with Crippen LogP contribution in [0.2, 0.25) is 0 Å². The van der Waals surface area contributed by atoms with Gasteiger partial charge in [-0.05, 0) is 0 Å². The van der Waals surface area contributed by atoms with Crippen molar-refractivity contribution in [2.24, 2.45) is 0 Å². The molecule has 42 valence electrons. The molecule has 0 aromatic heterocycles. The van der Waals surface area contributed by atoms with E-state index in [0.29, 0.717) is 0 Å². The SMILES string of the molecule is CC(=O)ONC=O.[H-].[Na+]. The van der Waals surface area contributed by atoms with Gasteiger partial charge in [-0.25, -0.2) is 0 Å². The van der Waals surface area contributed by atoms with E-state index in [9.17, 15) is 9.59 Å². The van der Waals surface area contributed by atoms with Crippen LogP contribution >= 0.6 is 0 Å². The third-order valence-corrected chi connectivity index (χ3v) is 0.251. The van der Waals surface area contributed by atoms with Crippen molar-refractivity contribution < 1.29 is 45.4 Å². The third-order valence-electron chi connectivity index (χ3n) is 0.251. The molecule has 0 aromatic rings. The van der Waals surface area contributed by atoms with E-state index in [1.807, 2.05) is 0 Å². The number of amides is 1. The Bertz CT molecular complexity index is 89.1. The maximum absolute atomic E-state index is 9.76. The maximum atomic E-state index is 9.76. The van der Waals surface area contributed by atoms with Gasteiger partial charge in [0.2, 0.25) is 6.41 Å². The standard InChI is InChI=1S/C3H5NO3.Na.H/c1-3(6)7-4-2-5;;/h2H,1H3,(H,4,5);;/q;+1;-1. The topological polar surface area (TPSA) is 55.4 Å². The van der Waals surface area contributed by atoms with Crippen molar-refractivity contribution in [3.05, 3.63) is 0 Å². The molecular weight excluding hydrogens is 121 g/mol. The number of carbonyl (C=O) groups is 2. The van der Waals surface area contributed by atoms with Crippen molar-refractivity contribution in [2.75, 3.05) is 0 Å². The summed E-state index contributed by atoms with van der Waals surface area (Å²) in [5.74, 6) is -0.535. The summed E-state index contributed by atoms with van der Waals surface area (Å²) in [4.78, 5) is 23.0. The van der Waals surface area contributed by atoms with Gasteiger partial charge < -0.3 is 6.26 Å². The molecule has 0 saturated carbocycles. The minimum absolute atomic E-state index is 0. The fourth-order valence-corrected chi connectivity index (χ4v) is 0.107. The molecule has 1 amide bonds. The molecule has 0 aliphatic carbocycles. The zero-order valence-corrected chi connectivity index (χ0v) is 6.80. The summed E-state index contributed by atoms with van der Waals surface area (Å²) in [5.41, 5.74) is 1.72. The average molecular weight is 127 g/mol. The molecule has 4 nitrogen and oxygen atoms in total. The Kier molecular flexibility index (Phi) is 9.40. The van der Waals surface area contributed by atoms with Crippen LogP contribution in [-0.4, -0.2) is 12.4 Å². The van der Waals surface area contributed by atoms with Crippen LogP contribution in [0.15, 0.2) is 0 Å². The molecule has 5 heteroatoms. The monoisotopic (exact) mass is 127 g/mol. The van der Waals surface area contributed by atoms with Crippen LogP contribution in [-0.2, 0) is 14.4 Å². The van der Waals surface area contributed by atoms with E-state index in [2.05, 4.69) is 4.84 Å². The minimum atomic E-state index is -0.535. The molecule has 0 heterocycles. The van der Waals surface area contributed by atoms with Gasteiger partial charge in [0.05, 0.1) is 0 Å². The van der Waals surface area contributed by atoms with Crippen molar-refractivity contribution in [1.29, 1.82) is 0 Å². The number of hydrogen-bond acceptors (Lipinski definition) is 3. The van der Waals surface area contributed by atoms with Crippen molar-refractivity contribution in [1.82, 2.24) is 5.48 Å². The molecule has 0 fully saturated rings. The molecule has 0 unspecified atom stereocenters. The van der Waals surface area contributed by atoms with E-state index in [1.165, 1.54) is 6.92 Å². The fourth-order valence-electron chi connectivity index (χ4n) is 0.107. The van der Waals surface area contributed by atoms with Gasteiger partial charge in [-0.1, -0.05) is 0 Å². The summed E-state index contributed by atoms with van der Waals surface area (Å²) in [7, 11) is 0. The zero-order valence-electron chi connectivity index (χ0n) is 5.80. The minimum Gasteiger partial charge on any atom is -1.00 e. The van der Waals surface area contributed by atoms with Crippen LogP contribution in [0.3, 0.4) is 0 Å². The summed E-state index contributed by atoms with van der Waals surface area (Å²) in [6, 6.07) is 0. The number of nitrogens with one attached hydrogen (secondary N) is 1. The Morgan fingerprint density at radius 3 is 2.50 bits per heavy atom. The molecule has 0 radical (unpaired) electrons. The van der Waals surface area contributed by atoms with Gasteiger partial charge in [0.1, 0.15) is 0 Å². The quantitative estimate of drug-likeness (QED) is 0.236. The summed E-state index contributed by atoms with van der Waals surface area (Å²) in [5, 5.41) is 0. The maximum Gasteiger partial charge on any atom is 1.00 e. The predicted molar refractivity (Wildman–Crippen MR) is 22.1 cm³/mol. The normalized spacial score (nSPS) is 6.12. The molecule has 0 rings (SSSR count). The second-order valence-electron chi connectivity index (χ2n) is 0.829. The second kappa shape index (κ2) is 6.94. The van der Waals surface area contributed by atoms with E-state index in [4.69, 9.17) is 0 Å². The van der Waals surface area contributed by atoms with Crippen molar-refractivity contribution in [3.8, 4) is 0 Å². The van der Waals surface area contributed by atoms with Gasteiger partial charge in [0.25, 0.3) is 0 Å². The second-order valence-corrected chi connectivity index (χ2v) is 0.829. The molecule has 0 aliphatic rings.